The third kappa shape index (κ3) is 3.20. The van der Waals surface area contributed by atoms with Crippen molar-refractivity contribution in [2.75, 3.05) is 33.8 Å². The molecule has 0 radical (unpaired) electrons. The smallest absolute Gasteiger partial charge is 0.123 e. The number of nitrogens with zero attached hydrogens (tertiary/aromatic N) is 1. The minimum absolute atomic E-state index is 0.816. The Bertz CT molecular complexity index is 374. The highest BCUT2D eigenvalue weighted by atomic mass is 16.5. The van der Waals surface area contributed by atoms with E-state index >= 15 is 0 Å². The van der Waals surface area contributed by atoms with E-state index in [1.165, 1.54) is 11.1 Å². The molecule has 0 saturated carbocycles. The van der Waals surface area contributed by atoms with E-state index in [1.807, 2.05) is 0 Å². The molecule has 1 aromatic rings. The maximum absolute atomic E-state index is 5.41. The number of aryl methyl sites for hydroxylation is 1. The minimum atomic E-state index is 0.816. The van der Waals surface area contributed by atoms with Crippen molar-refractivity contribution in [3.8, 4) is 5.75 Å². The SMILES string of the molecule is COc1ccc(C)cc1CN(C)CC1CNC1. The molecule has 0 aromatic heterocycles. The molecule has 1 aliphatic rings. The number of ether oxygens (including phenoxy) is 1. The lowest BCUT2D eigenvalue weighted by molar-refractivity contribution is 0.217. The van der Waals surface area contributed by atoms with Gasteiger partial charge in [0.05, 0.1) is 7.11 Å². The van der Waals surface area contributed by atoms with Gasteiger partial charge in [-0.2, -0.15) is 0 Å². The molecule has 1 heterocycles. The normalized spacial score (nSPS) is 16.0. The summed E-state index contributed by atoms with van der Waals surface area (Å²) in [6.45, 7) is 6.56. The van der Waals surface area contributed by atoms with Crippen molar-refractivity contribution in [3.05, 3.63) is 29.3 Å². The first-order valence-corrected chi connectivity index (χ1v) is 6.22. The zero-order valence-electron chi connectivity index (χ0n) is 11.0. The highest BCUT2D eigenvalue weighted by molar-refractivity contribution is 5.36. The lowest BCUT2D eigenvalue weighted by Gasteiger charge is -2.31. The average Bonchev–Trinajstić information content (AvgIpc) is 2.24. The molecule has 0 unspecified atom stereocenters. The Morgan fingerprint density at radius 2 is 2.18 bits per heavy atom. The summed E-state index contributed by atoms with van der Waals surface area (Å²) in [6.07, 6.45) is 0. The van der Waals surface area contributed by atoms with Gasteiger partial charge in [0.15, 0.2) is 0 Å². The van der Waals surface area contributed by atoms with Gasteiger partial charge in [0.25, 0.3) is 0 Å². The highest BCUT2D eigenvalue weighted by Crippen LogP contribution is 2.21. The molecule has 0 atom stereocenters. The summed E-state index contributed by atoms with van der Waals surface area (Å²) in [5.41, 5.74) is 2.57. The standard InChI is InChI=1S/C14H22N2O/c1-11-4-5-14(17-3)13(6-11)10-16(2)9-12-7-15-8-12/h4-6,12,15H,7-10H2,1-3H3. The Balaban J connectivity index is 1.98. The van der Waals surface area contributed by atoms with Crippen LogP contribution in [-0.2, 0) is 6.54 Å². The topological polar surface area (TPSA) is 24.5 Å². The van der Waals surface area contributed by atoms with E-state index in [4.69, 9.17) is 4.74 Å². The maximum Gasteiger partial charge on any atom is 0.123 e. The van der Waals surface area contributed by atoms with E-state index < -0.39 is 0 Å². The summed E-state index contributed by atoms with van der Waals surface area (Å²) in [5, 5.41) is 3.31. The number of hydrogen-bond donors (Lipinski definition) is 1. The van der Waals surface area contributed by atoms with Gasteiger partial charge in [0.2, 0.25) is 0 Å². The number of nitrogens with one attached hydrogen (secondary N) is 1. The van der Waals surface area contributed by atoms with Crippen LogP contribution in [0.5, 0.6) is 5.75 Å². The van der Waals surface area contributed by atoms with Gasteiger partial charge in [0, 0.05) is 31.7 Å². The second-order valence-electron chi connectivity index (χ2n) is 5.04. The van der Waals surface area contributed by atoms with E-state index in [1.54, 1.807) is 7.11 Å². The third-order valence-electron chi connectivity index (χ3n) is 3.31. The molecule has 0 bridgehead atoms. The fourth-order valence-corrected chi connectivity index (χ4v) is 2.30. The zero-order valence-corrected chi connectivity index (χ0v) is 11.0. The van der Waals surface area contributed by atoms with E-state index in [0.717, 1.165) is 37.8 Å². The third-order valence-corrected chi connectivity index (χ3v) is 3.31. The average molecular weight is 234 g/mol. The minimum Gasteiger partial charge on any atom is -0.496 e. The van der Waals surface area contributed by atoms with Crippen molar-refractivity contribution in [1.29, 1.82) is 0 Å². The maximum atomic E-state index is 5.41. The molecule has 0 amide bonds. The van der Waals surface area contributed by atoms with Crippen molar-refractivity contribution >= 4 is 0 Å². The first kappa shape index (κ1) is 12.4. The molecule has 1 aliphatic heterocycles. The van der Waals surface area contributed by atoms with Crippen LogP contribution in [0.25, 0.3) is 0 Å². The molecule has 1 aromatic carbocycles. The van der Waals surface area contributed by atoms with Gasteiger partial charge in [-0.3, -0.25) is 0 Å². The molecule has 0 spiro atoms. The number of benzene rings is 1. The van der Waals surface area contributed by atoms with Crippen LogP contribution >= 0.6 is 0 Å². The molecule has 2 rings (SSSR count). The summed E-state index contributed by atoms with van der Waals surface area (Å²) < 4.78 is 5.41. The summed E-state index contributed by atoms with van der Waals surface area (Å²) >= 11 is 0. The van der Waals surface area contributed by atoms with Gasteiger partial charge < -0.3 is 15.0 Å². The van der Waals surface area contributed by atoms with Crippen molar-refractivity contribution in [2.45, 2.75) is 13.5 Å². The zero-order chi connectivity index (χ0) is 12.3. The first-order valence-electron chi connectivity index (χ1n) is 6.22. The van der Waals surface area contributed by atoms with Gasteiger partial charge >= 0.3 is 0 Å². The van der Waals surface area contributed by atoms with Crippen molar-refractivity contribution < 1.29 is 4.74 Å². The molecule has 1 fully saturated rings. The predicted octanol–water partition coefficient (Wildman–Crippen LogP) is 1.65. The van der Waals surface area contributed by atoms with Crippen molar-refractivity contribution in [3.63, 3.8) is 0 Å². The fourth-order valence-electron chi connectivity index (χ4n) is 2.30. The van der Waals surface area contributed by atoms with Crippen molar-refractivity contribution in [1.82, 2.24) is 10.2 Å². The summed E-state index contributed by atoms with van der Waals surface area (Å²) in [7, 11) is 3.92. The Labute approximate surface area is 104 Å². The predicted molar refractivity (Wildman–Crippen MR) is 70.4 cm³/mol. The van der Waals surface area contributed by atoms with Gasteiger partial charge in [-0.05, 0) is 26.0 Å². The summed E-state index contributed by atoms with van der Waals surface area (Å²) in [5.74, 6) is 1.81. The van der Waals surface area contributed by atoms with E-state index in [9.17, 15) is 0 Å². The molecule has 1 N–H and O–H groups in total. The molecule has 3 nitrogen and oxygen atoms in total. The van der Waals surface area contributed by atoms with Gasteiger partial charge in [-0.15, -0.1) is 0 Å². The van der Waals surface area contributed by atoms with Crippen LogP contribution in [0.3, 0.4) is 0 Å². The highest BCUT2D eigenvalue weighted by Gasteiger charge is 2.18. The first-order chi connectivity index (χ1) is 8.19. The molecular weight excluding hydrogens is 212 g/mol. The monoisotopic (exact) mass is 234 g/mol. The van der Waals surface area contributed by atoms with Gasteiger partial charge in [-0.25, -0.2) is 0 Å². The molecular formula is C14H22N2O. The fraction of sp³-hybridized carbons (Fsp3) is 0.571. The molecule has 0 aliphatic carbocycles. The van der Waals surface area contributed by atoms with Crippen LogP contribution in [0.1, 0.15) is 11.1 Å². The van der Waals surface area contributed by atoms with Crippen LogP contribution in [0.4, 0.5) is 0 Å². The Hall–Kier alpha value is -1.06. The van der Waals surface area contributed by atoms with Crippen LogP contribution in [0.15, 0.2) is 18.2 Å². The van der Waals surface area contributed by atoms with E-state index in [0.29, 0.717) is 0 Å². The van der Waals surface area contributed by atoms with Crippen LogP contribution in [0.2, 0.25) is 0 Å². The summed E-state index contributed by atoms with van der Waals surface area (Å²) in [4.78, 5) is 2.38. The van der Waals surface area contributed by atoms with Crippen LogP contribution in [-0.4, -0.2) is 38.7 Å². The second kappa shape index (κ2) is 5.52. The van der Waals surface area contributed by atoms with E-state index in [2.05, 4.69) is 42.4 Å². The molecule has 1 saturated heterocycles. The molecule has 17 heavy (non-hydrogen) atoms. The largest absolute Gasteiger partial charge is 0.496 e. The lowest BCUT2D eigenvalue weighted by Crippen LogP contribution is -2.47. The van der Waals surface area contributed by atoms with Crippen molar-refractivity contribution in [2.24, 2.45) is 5.92 Å². The molecule has 3 heteroatoms. The van der Waals surface area contributed by atoms with Crippen LogP contribution in [0, 0.1) is 12.8 Å². The Morgan fingerprint density at radius 3 is 2.76 bits per heavy atom. The number of hydrogen-bond acceptors (Lipinski definition) is 3. The molecule has 94 valence electrons. The Morgan fingerprint density at radius 1 is 1.41 bits per heavy atom. The Kier molecular flexibility index (Phi) is 4.02. The van der Waals surface area contributed by atoms with E-state index in [-0.39, 0.29) is 0 Å². The number of methoxy groups -OCH3 is 1. The lowest BCUT2D eigenvalue weighted by atomic mass is 10.0. The summed E-state index contributed by atoms with van der Waals surface area (Å²) in [6, 6.07) is 6.37. The number of rotatable bonds is 5. The quantitative estimate of drug-likeness (QED) is 0.838. The van der Waals surface area contributed by atoms with Crippen LogP contribution < -0.4 is 10.1 Å². The second-order valence-corrected chi connectivity index (χ2v) is 5.04. The van der Waals surface area contributed by atoms with Gasteiger partial charge in [-0.1, -0.05) is 17.7 Å². The van der Waals surface area contributed by atoms with Gasteiger partial charge in [0.1, 0.15) is 5.75 Å².